The molecular weight excluding hydrogens is 527 g/mol. The Morgan fingerprint density at radius 1 is 1.15 bits per heavy atom. The predicted molar refractivity (Wildman–Crippen MR) is 123 cm³/mol. The zero-order chi connectivity index (χ0) is 24.6. The second-order valence-electron chi connectivity index (χ2n) is 8.97. The average Bonchev–Trinajstić information content (AvgIpc) is 2.70. The van der Waals surface area contributed by atoms with Crippen molar-refractivity contribution in [3.63, 3.8) is 0 Å². The number of nitrogens with one attached hydrogen (secondary N) is 1. The smallest absolute Gasteiger partial charge is 0.413 e. The van der Waals surface area contributed by atoms with Crippen molar-refractivity contribution in [2.24, 2.45) is 5.92 Å². The number of halogens is 5. The van der Waals surface area contributed by atoms with Crippen LogP contribution < -0.4 is 10.9 Å². The maximum atomic E-state index is 13.3. The molecule has 2 aromatic rings. The summed E-state index contributed by atoms with van der Waals surface area (Å²) in [6, 6.07) is 6.47. The van der Waals surface area contributed by atoms with Gasteiger partial charge in [-0.05, 0) is 86.6 Å². The van der Waals surface area contributed by atoms with Crippen molar-refractivity contribution >= 4 is 39.4 Å². The topological polar surface area (TPSA) is 73.2 Å². The van der Waals surface area contributed by atoms with Crippen LogP contribution in [0.2, 0.25) is 5.02 Å². The van der Waals surface area contributed by atoms with Crippen molar-refractivity contribution in [3.8, 4) is 5.69 Å². The molecule has 33 heavy (non-hydrogen) atoms. The van der Waals surface area contributed by atoms with Crippen LogP contribution in [0.5, 0.6) is 0 Å². The van der Waals surface area contributed by atoms with Gasteiger partial charge in [0.2, 0.25) is 0 Å². The van der Waals surface area contributed by atoms with Crippen molar-refractivity contribution < 1.29 is 22.7 Å². The Kier molecular flexibility index (Phi) is 7.48. The molecule has 0 bridgehead atoms. The molecule has 6 nitrogen and oxygen atoms in total. The number of hydrogen-bond donors (Lipinski definition) is 1. The van der Waals surface area contributed by atoms with E-state index in [-0.39, 0.29) is 41.8 Å². The standard InChI is InChI=1S/C22H24BrClF3N3O3/c1-21(2,3)33-20(32)29-17-16(23)19(31)30(15-10-8-14(24)9-11-15)18(28-17)12-4-6-13(7-5-12)22(25,26)27/h8-13H,4-7H2,1-3H3,(H,29,32). The van der Waals surface area contributed by atoms with Crippen molar-refractivity contribution in [2.75, 3.05) is 5.32 Å². The molecule has 1 aromatic heterocycles. The highest BCUT2D eigenvalue weighted by Gasteiger charge is 2.42. The van der Waals surface area contributed by atoms with Gasteiger partial charge in [0.25, 0.3) is 5.56 Å². The van der Waals surface area contributed by atoms with Crippen molar-refractivity contribution in [1.29, 1.82) is 0 Å². The lowest BCUT2D eigenvalue weighted by molar-refractivity contribution is -0.182. The minimum Gasteiger partial charge on any atom is -0.444 e. The highest BCUT2D eigenvalue weighted by molar-refractivity contribution is 9.10. The van der Waals surface area contributed by atoms with Gasteiger partial charge >= 0.3 is 12.3 Å². The molecule has 1 saturated carbocycles. The molecule has 1 amide bonds. The number of aromatic nitrogens is 2. The van der Waals surface area contributed by atoms with Crippen LogP contribution in [0.15, 0.2) is 33.5 Å². The largest absolute Gasteiger partial charge is 0.444 e. The van der Waals surface area contributed by atoms with Gasteiger partial charge in [0.1, 0.15) is 15.9 Å². The van der Waals surface area contributed by atoms with Crippen LogP contribution in [0.25, 0.3) is 5.69 Å². The van der Waals surface area contributed by atoms with E-state index in [1.807, 2.05) is 0 Å². The summed E-state index contributed by atoms with van der Waals surface area (Å²) in [5.41, 5.74) is -0.811. The fourth-order valence-electron chi connectivity index (χ4n) is 3.79. The number of hydrogen-bond acceptors (Lipinski definition) is 4. The molecule has 1 N–H and O–H groups in total. The van der Waals surface area contributed by atoms with Gasteiger partial charge in [0.15, 0.2) is 5.82 Å². The van der Waals surface area contributed by atoms with Gasteiger partial charge in [-0.25, -0.2) is 9.78 Å². The summed E-state index contributed by atoms with van der Waals surface area (Å²) in [6.45, 7) is 5.08. The van der Waals surface area contributed by atoms with E-state index in [0.29, 0.717) is 10.7 Å². The highest BCUT2D eigenvalue weighted by atomic mass is 79.9. The minimum atomic E-state index is -4.25. The molecule has 0 saturated heterocycles. The van der Waals surface area contributed by atoms with Crippen LogP contribution in [-0.4, -0.2) is 27.4 Å². The molecule has 0 spiro atoms. The van der Waals surface area contributed by atoms with E-state index in [0.717, 1.165) is 0 Å². The number of carbonyl (C=O) groups is 1. The third kappa shape index (κ3) is 6.29. The fourth-order valence-corrected chi connectivity index (χ4v) is 4.28. The first-order valence-electron chi connectivity index (χ1n) is 10.4. The lowest BCUT2D eigenvalue weighted by Crippen LogP contribution is -2.33. The van der Waals surface area contributed by atoms with E-state index >= 15 is 0 Å². The van der Waals surface area contributed by atoms with Crippen LogP contribution in [0.1, 0.15) is 58.2 Å². The quantitative estimate of drug-likeness (QED) is 0.455. The van der Waals surface area contributed by atoms with Gasteiger partial charge in [-0.2, -0.15) is 13.2 Å². The van der Waals surface area contributed by atoms with E-state index in [2.05, 4.69) is 26.2 Å². The Morgan fingerprint density at radius 2 is 1.73 bits per heavy atom. The summed E-state index contributed by atoms with van der Waals surface area (Å²) in [5, 5.41) is 2.94. The lowest BCUT2D eigenvalue weighted by atomic mass is 9.81. The van der Waals surface area contributed by atoms with Crippen LogP contribution in [0, 0.1) is 5.92 Å². The molecule has 0 unspecified atom stereocenters. The van der Waals surface area contributed by atoms with Crippen molar-refractivity contribution in [2.45, 2.75) is 64.1 Å². The van der Waals surface area contributed by atoms with Gasteiger partial charge < -0.3 is 4.74 Å². The summed E-state index contributed by atoms with van der Waals surface area (Å²) in [7, 11) is 0. The molecule has 3 rings (SSSR count). The van der Waals surface area contributed by atoms with E-state index in [9.17, 15) is 22.8 Å². The maximum absolute atomic E-state index is 13.3. The first-order chi connectivity index (χ1) is 15.3. The SMILES string of the molecule is CC(C)(C)OC(=O)Nc1nc(C2CCC(C(F)(F)F)CC2)n(-c2ccc(Cl)cc2)c(=O)c1Br. The molecule has 0 radical (unpaired) electrons. The number of anilines is 1. The molecule has 1 aromatic carbocycles. The van der Waals surface area contributed by atoms with Gasteiger partial charge in [-0.1, -0.05) is 11.6 Å². The molecule has 1 fully saturated rings. The maximum Gasteiger partial charge on any atom is 0.413 e. The van der Waals surface area contributed by atoms with Crippen molar-refractivity contribution in [1.82, 2.24) is 9.55 Å². The average molecular weight is 551 g/mol. The van der Waals surface area contributed by atoms with E-state index in [1.54, 1.807) is 45.0 Å². The number of amides is 1. The van der Waals surface area contributed by atoms with Crippen LogP contribution in [0.3, 0.4) is 0 Å². The highest BCUT2D eigenvalue weighted by Crippen LogP contribution is 2.43. The second kappa shape index (κ2) is 9.66. The van der Waals surface area contributed by atoms with Gasteiger partial charge in [-0.15, -0.1) is 0 Å². The summed E-state index contributed by atoms with van der Waals surface area (Å²) >= 11 is 9.18. The third-order valence-electron chi connectivity index (χ3n) is 5.31. The molecule has 180 valence electrons. The number of benzene rings is 1. The van der Waals surface area contributed by atoms with Crippen LogP contribution in [0.4, 0.5) is 23.8 Å². The van der Waals surface area contributed by atoms with Gasteiger partial charge in [0, 0.05) is 10.9 Å². The van der Waals surface area contributed by atoms with E-state index in [1.165, 1.54) is 4.57 Å². The summed E-state index contributed by atoms with van der Waals surface area (Å²) < 4.78 is 46.1. The molecule has 0 aliphatic heterocycles. The summed E-state index contributed by atoms with van der Waals surface area (Å²) in [4.78, 5) is 30.1. The molecular formula is C22H24BrClF3N3O3. The molecule has 11 heteroatoms. The summed E-state index contributed by atoms with van der Waals surface area (Å²) in [5.74, 6) is -1.55. The Balaban J connectivity index is 2.04. The number of rotatable bonds is 3. The number of carbonyl (C=O) groups excluding carboxylic acids is 1. The Bertz CT molecular complexity index is 1070. The fraction of sp³-hybridized carbons (Fsp3) is 0.500. The second-order valence-corrected chi connectivity index (χ2v) is 10.2. The Hall–Kier alpha value is -2.07. The molecule has 1 aliphatic rings. The molecule has 1 heterocycles. The van der Waals surface area contributed by atoms with Gasteiger partial charge in [0.05, 0.1) is 11.6 Å². The Morgan fingerprint density at radius 3 is 2.24 bits per heavy atom. The number of nitrogens with zero attached hydrogens (tertiary/aromatic N) is 2. The van der Waals surface area contributed by atoms with E-state index in [4.69, 9.17) is 16.3 Å². The minimum absolute atomic E-state index is 0.00367. The molecule has 1 aliphatic carbocycles. The normalized spacial score (nSPS) is 19.3. The van der Waals surface area contributed by atoms with Crippen molar-refractivity contribution in [3.05, 3.63) is 49.9 Å². The zero-order valence-corrected chi connectivity index (χ0v) is 20.6. The monoisotopic (exact) mass is 549 g/mol. The zero-order valence-electron chi connectivity index (χ0n) is 18.3. The lowest BCUT2D eigenvalue weighted by Gasteiger charge is -2.31. The van der Waals surface area contributed by atoms with Crippen LogP contribution >= 0.6 is 27.5 Å². The first kappa shape index (κ1) is 25.6. The molecule has 0 atom stereocenters. The van der Waals surface area contributed by atoms with E-state index < -0.39 is 35.3 Å². The number of ether oxygens (including phenoxy) is 1. The summed E-state index contributed by atoms with van der Waals surface area (Å²) in [6.07, 6.45) is -4.76. The first-order valence-corrected chi connectivity index (χ1v) is 11.6. The Labute approximate surface area is 202 Å². The van der Waals surface area contributed by atoms with Gasteiger partial charge in [-0.3, -0.25) is 14.7 Å². The number of alkyl halides is 3. The predicted octanol–water partition coefficient (Wildman–Crippen LogP) is 6.83. The van der Waals surface area contributed by atoms with Crippen LogP contribution in [-0.2, 0) is 4.74 Å². The third-order valence-corrected chi connectivity index (χ3v) is 6.28.